The van der Waals surface area contributed by atoms with Crippen molar-refractivity contribution >= 4 is 37.8 Å². The maximum absolute atomic E-state index is 12.3. The minimum absolute atomic E-state index is 0.226. The molecule has 0 amide bonds. The number of hydrogen-bond donors (Lipinski definition) is 0. The van der Waals surface area contributed by atoms with Gasteiger partial charge < -0.3 is 0 Å². The first kappa shape index (κ1) is 10.9. The van der Waals surface area contributed by atoms with Crippen molar-refractivity contribution in [3.63, 3.8) is 0 Å². The van der Waals surface area contributed by atoms with E-state index in [2.05, 4.69) is 15.9 Å². The van der Waals surface area contributed by atoms with Gasteiger partial charge in [0.25, 0.3) is 0 Å². The van der Waals surface area contributed by atoms with Crippen LogP contribution in [-0.4, -0.2) is 8.42 Å². The monoisotopic (exact) mass is 286 g/mol. The zero-order valence-electron chi connectivity index (χ0n) is 6.30. The Kier molecular flexibility index (Phi) is 3.32. The van der Waals surface area contributed by atoms with Gasteiger partial charge in [-0.2, -0.15) is 8.42 Å². The third-order valence-electron chi connectivity index (χ3n) is 1.36. The molecule has 0 radical (unpaired) electrons. The fourth-order valence-electron chi connectivity index (χ4n) is 0.846. The molecule has 1 aromatic rings. The fraction of sp³-hybridized carbons (Fsp3) is 0.143. The van der Waals surface area contributed by atoms with Crippen molar-refractivity contribution in [1.29, 1.82) is 0 Å². The standard InChI is InChI=1S/C7H5BrClFO2S/c8-6-3-1-2-5(7(6)9)4-13(10,11)12/h1-3H,4H2. The number of benzene rings is 1. The van der Waals surface area contributed by atoms with E-state index < -0.39 is 16.0 Å². The van der Waals surface area contributed by atoms with Crippen LogP contribution in [0.25, 0.3) is 0 Å². The molecule has 0 aliphatic carbocycles. The highest BCUT2D eigenvalue weighted by atomic mass is 79.9. The van der Waals surface area contributed by atoms with Crippen molar-refractivity contribution < 1.29 is 12.3 Å². The zero-order valence-corrected chi connectivity index (χ0v) is 9.46. The normalized spacial score (nSPS) is 11.6. The van der Waals surface area contributed by atoms with Gasteiger partial charge in [0.2, 0.25) is 0 Å². The lowest BCUT2D eigenvalue weighted by Crippen LogP contribution is -1.97. The number of halogens is 3. The van der Waals surface area contributed by atoms with Crippen LogP contribution in [0.3, 0.4) is 0 Å². The first-order chi connectivity index (χ1) is 5.90. The Labute approximate surface area is 89.1 Å². The van der Waals surface area contributed by atoms with E-state index >= 15 is 0 Å². The Morgan fingerprint density at radius 1 is 1.46 bits per heavy atom. The summed E-state index contributed by atoms with van der Waals surface area (Å²) in [6.45, 7) is 0. The van der Waals surface area contributed by atoms with Gasteiger partial charge in [-0.3, -0.25) is 0 Å². The van der Waals surface area contributed by atoms with Crippen LogP contribution < -0.4 is 0 Å². The average molecular weight is 288 g/mol. The molecule has 1 rings (SSSR count). The van der Waals surface area contributed by atoms with Crippen molar-refractivity contribution in [2.75, 3.05) is 0 Å². The number of hydrogen-bond acceptors (Lipinski definition) is 2. The molecule has 72 valence electrons. The highest BCUT2D eigenvalue weighted by Gasteiger charge is 2.12. The van der Waals surface area contributed by atoms with Gasteiger partial charge in [-0.05, 0) is 27.6 Å². The Morgan fingerprint density at radius 2 is 2.08 bits per heavy atom. The van der Waals surface area contributed by atoms with Crippen LogP contribution in [0.1, 0.15) is 5.56 Å². The van der Waals surface area contributed by atoms with Crippen LogP contribution in [0.15, 0.2) is 22.7 Å². The molecule has 0 saturated carbocycles. The Hall–Kier alpha value is -0.130. The maximum Gasteiger partial charge on any atom is 0.306 e. The lowest BCUT2D eigenvalue weighted by molar-refractivity contribution is 0.551. The van der Waals surface area contributed by atoms with Crippen LogP contribution in [-0.2, 0) is 16.0 Å². The second-order valence-electron chi connectivity index (χ2n) is 2.40. The summed E-state index contributed by atoms with van der Waals surface area (Å²) in [4.78, 5) is 0. The smallest absolute Gasteiger partial charge is 0.194 e. The Bertz CT molecular complexity index is 419. The topological polar surface area (TPSA) is 34.1 Å². The first-order valence-electron chi connectivity index (χ1n) is 3.25. The molecule has 6 heteroatoms. The van der Waals surface area contributed by atoms with E-state index in [-0.39, 0.29) is 10.6 Å². The van der Waals surface area contributed by atoms with Gasteiger partial charge >= 0.3 is 10.2 Å². The van der Waals surface area contributed by atoms with E-state index in [1.165, 1.54) is 6.07 Å². The molecule has 0 unspecified atom stereocenters. The maximum atomic E-state index is 12.3. The van der Waals surface area contributed by atoms with Gasteiger partial charge in [-0.25, -0.2) is 0 Å². The van der Waals surface area contributed by atoms with Gasteiger partial charge in [0.1, 0.15) is 5.75 Å². The Balaban J connectivity index is 3.10. The predicted octanol–water partition coefficient (Wildman–Crippen LogP) is 2.90. The molecule has 2 nitrogen and oxygen atoms in total. The van der Waals surface area contributed by atoms with Gasteiger partial charge in [-0.15, -0.1) is 3.89 Å². The second-order valence-corrected chi connectivity index (χ2v) is 4.99. The molecule has 0 aliphatic rings. The molecule has 0 atom stereocenters. The molecule has 0 fully saturated rings. The summed E-state index contributed by atoms with van der Waals surface area (Å²) in [6.07, 6.45) is 0. The largest absolute Gasteiger partial charge is 0.306 e. The van der Waals surface area contributed by atoms with Crippen molar-refractivity contribution in [3.8, 4) is 0 Å². The van der Waals surface area contributed by atoms with Crippen LogP contribution in [0, 0.1) is 0 Å². The van der Waals surface area contributed by atoms with Crippen molar-refractivity contribution in [1.82, 2.24) is 0 Å². The predicted molar refractivity (Wildman–Crippen MR) is 52.9 cm³/mol. The molecule has 0 aliphatic heterocycles. The summed E-state index contributed by atoms with van der Waals surface area (Å²) in [5, 5.41) is 0.226. The zero-order chi connectivity index (χ0) is 10.1. The van der Waals surface area contributed by atoms with E-state index in [4.69, 9.17) is 11.6 Å². The summed E-state index contributed by atoms with van der Waals surface area (Å²) in [6, 6.07) is 4.71. The lowest BCUT2D eigenvalue weighted by Gasteiger charge is -2.01. The van der Waals surface area contributed by atoms with Gasteiger partial charge in [0.15, 0.2) is 0 Å². The summed E-state index contributed by atoms with van der Waals surface area (Å²) in [7, 11) is -4.52. The van der Waals surface area contributed by atoms with E-state index in [0.717, 1.165) is 0 Å². The molecule has 0 saturated heterocycles. The molecule has 0 spiro atoms. The van der Waals surface area contributed by atoms with E-state index in [1.54, 1.807) is 12.1 Å². The van der Waals surface area contributed by atoms with Crippen molar-refractivity contribution in [2.24, 2.45) is 0 Å². The van der Waals surface area contributed by atoms with E-state index in [0.29, 0.717) is 4.47 Å². The molecule has 0 heterocycles. The molecule has 1 aromatic carbocycles. The molecular formula is C7H5BrClFO2S. The molecule has 0 bridgehead atoms. The Morgan fingerprint density at radius 3 is 2.62 bits per heavy atom. The minimum Gasteiger partial charge on any atom is -0.194 e. The quantitative estimate of drug-likeness (QED) is 0.784. The van der Waals surface area contributed by atoms with Gasteiger partial charge in [-0.1, -0.05) is 23.7 Å². The third kappa shape index (κ3) is 3.25. The van der Waals surface area contributed by atoms with E-state index in [1.807, 2.05) is 0 Å². The summed E-state index contributed by atoms with van der Waals surface area (Å²) < 4.78 is 33.5. The molecule has 0 aromatic heterocycles. The summed E-state index contributed by atoms with van der Waals surface area (Å²) >= 11 is 8.83. The van der Waals surface area contributed by atoms with Crippen LogP contribution in [0.4, 0.5) is 3.89 Å². The lowest BCUT2D eigenvalue weighted by atomic mass is 10.2. The van der Waals surface area contributed by atoms with Crippen LogP contribution >= 0.6 is 27.5 Å². The minimum atomic E-state index is -4.52. The molecular weight excluding hydrogens is 282 g/mol. The van der Waals surface area contributed by atoms with Gasteiger partial charge in [0, 0.05) is 4.47 Å². The average Bonchev–Trinajstić information content (AvgIpc) is 1.96. The fourth-order valence-corrected chi connectivity index (χ4v) is 2.14. The van der Waals surface area contributed by atoms with E-state index in [9.17, 15) is 12.3 Å². The summed E-state index contributed by atoms with van der Waals surface area (Å²) in [5.74, 6) is -0.689. The molecule has 13 heavy (non-hydrogen) atoms. The number of rotatable bonds is 2. The highest BCUT2D eigenvalue weighted by Crippen LogP contribution is 2.27. The van der Waals surface area contributed by atoms with Crippen LogP contribution in [0.2, 0.25) is 5.02 Å². The molecule has 0 N–H and O–H groups in total. The van der Waals surface area contributed by atoms with Crippen LogP contribution in [0.5, 0.6) is 0 Å². The van der Waals surface area contributed by atoms with Crippen molar-refractivity contribution in [3.05, 3.63) is 33.3 Å². The van der Waals surface area contributed by atoms with Crippen molar-refractivity contribution in [2.45, 2.75) is 5.75 Å². The van der Waals surface area contributed by atoms with Gasteiger partial charge in [0.05, 0.1) is 5.02 Å². The SMILES string of the molecule is O=S(=O)(F)Cc1cccc(Br)c1Cl. The second kappa shape index (κ2) is 3.94. The summed E-state index contributed by atoms with van der Waals surface area (Å²) in [5.41, 5.74) is 0.249. The first-order valence-corrected chi connectivity index (χ1v) is 5.98. The third-order valence-corrected chi connectivity index (χ3v) is 3.35. The highest BCUT2D eigenvalue weighted by molar-refractivity contribution is 9.10.